The number of hydrogen-bond acceptors (Lipinski definition) is 6. The number of aromatic nitrogens is 1. The minimum atomic E-state index is -0.381. The van der Waals surface area contributed by atoms with E-state index in [1.807, 2.05) is 23.6 Å². The molecule has 0 aliphatic carbocycles. The molecule has 6 nitrogen and oxygen atoms in total. The van der Waals surface area contributed by atoms with Crippen LogP contribution in [0, 0.1) is 0 Å². The Balaban J connectivity index is 1.52. The molecule has 0 spiro atoms. The molecule has 29 heavy (non-hydrogen) atoms. The summed E-state index contributed by atoms with van der Waals surface area (Å²) in [4.78, 5) is 16.5. The first-order valence-corrected chi connectivity index (χ1v) is 10.7. The van der Waals surface area contributed by atoms with Gasteiger partial charge in [-0.1, -0.05) is 11.6 Å². The van der Waals surface area contributed by atoms with E-state index >= 15 is 0 Å². The Bertz CT molecular complexity index is 1030. The molecule has 1 aromatic heterocycles. The second-order valence-electron chi connectivity index (χ2n) is 5.63. The van der Waals surface area contributed by atoms with Crippen LogP contribution in [0.25, 0.3) is 11.3 Å². The molecule has 2 N–H and O–H groups in total. The Morgan fingerprint density at radius 2 is 2.03 bits per heavy atom. The molecule has 2 aromatic carbocycles. The number of ether oxygens (including phenoxy) is 2. The average Bonchev–Trinajstić information content (AvgIpc) is 3.15. The van der Waals surface area contributed by atoms with Crippen molar-refractivity contribution in [2.75, 3.05) is 19.0 Å². The number of nitrogens with zero attached hydrogens (tertiary/aromatic N) is 1. The van der Waals surface area contributed by atoms with Crippen LogP contribution in [0.1, 0.15) is 0 Å². The van der Waals surface area contributed by atoms with Crippen LogP contribution in [0.5, 0.6) is 11.5 Å². The van der Waals surface area contributed by atoms with Crippen LogP contribution >= 0.6 is 51.1 Å². The van der Waals surface area contributed by atoms with E-state index in [2.05, 4.69) is 31.5 Å². The number of benzene rings is 2. The molecule has 0 atom stereocenters. The van der Waals surface area contributed by atoms with E-state index in [-0.39, 0.29) is 17.6 Å². The van der Waals surface area contributed by atoms with E-state index in [1.54, 1.807) is 31.4 Å². The fourth-order valence-electron chi connectivity index (χ4n) is 2.26. The lowest BCUT2D eigenvalue weighted by atomic mass is 10.2. The lowest BCUT2D eigenvalue weighted by Gasteiger charge is -2.09. The highest BCUT2D eigenvalue weighted by Gasteiger charge is 2.10. The van der Waals surface area contributed by atoms with Gasteiger partial charge in [0.15, 0.2) is 16.9 Å². The lowest BCUT2D eigenvalue weighted by Crippen LogP contribution is -2.37. The number of thiocarbonyl (C=S) groups is 1. The second-order valence-corrected chi connectivity index (χ2v) is 8.19. The van der Waals surface area contributed by atoms with E-state index in [9.17, 15) is 4.79 Å². The van der Waals surface area contributed by atoms with Crippen LogP contribution in [0.3, 0.4) is 0 Å². The first kappa shape index (κ1) is 21.5. The number of carbonyl (C=O) groups excluding carboxylic acids is 1. The van der Waals surface area contributed by atoms with Gasteiger partial charge in [-0.05, 0) is 70.6 Å². The largest absolute Gasteiger partial charge is 0.496 e. The van der Waals surface area contributed by atoms with E-state index in [1.165, 1.54) is 11.3 Å². The fourth-order valence-corrected chi connectivity index (χ4v) is 3.93. The van der Waals surface area contributed by atoms with Crippen molar-refractivity contribution in [2.45, 2.75) is 0 Å². The van der Waals surface area contributed by atoms with Gasteiger partial charge in [0, 0.05) is 16.0 Å². The molecule has 0 bridgehead atoms. The number of halogens is 2. The van der Waals surface area contributed by atoms with Crippen LogP contribution in [-0.4, -0.2) is 29.7 Å². The van der Waals surface area contributed by atoms with Crippen molar-refractivity contribution in [3.63, 3.8) is 0 Å². The number of amides is 1. The summed E-state index contributed by atoms with van der Waals surface area (Å²) in [6.07, 6.45) is 0. The molecule has 150 valence electrons. The zero-order valence-electron chi connectivity index (χ0n) is 15.1. The van der Waals surface area contributed by atoms with Crippen LogP contribution in [0.2, 0.25) is 5.02 Å². The third-order valence-electron chi connectivity index (χ3n) is 3.61. The Hall–Kier alpha value is -2.20. The summed E-state index contributed by atoms with van der Waals surface area (Å²) >= 11 is 15.8. The van der Waals surface area contributed by atoms with Gasteiger partial charge in [0.1, 0.15) is 11.5 Å². The maximum Gasteiger partial charge on any atom is 0.264 e. The van der Waals surface area contributed by atoms with Gasteiger partial charge >= 0.3 is 0 Å². The topological polar surface area (TPSA) is 72.5 Å². The molecule has 0 saturated carbocycles. The number of anilines is 1. The predicted molar refractivity (Wildman–Crippen MR) is 123 cm³/mol. The molecule has 0 unspecified atom stereocenters. The molecule has 10 heteroatoms. The van der Waals surface area contributed by atoms with Crippen molar-refractivity contribution in [1.29, 1.82) is 0 Å². The summed E-state index contributed by atoms with van der Waals surface area (Å²) in [5.41, 5.74) is 1.70. The van der Waals surface area contributed by atoms with Crippen molar-refractivity contribution < 1.29 is 14.3 Å². The highest BCUT2D eigenvalue weighted by atomic mass is 79.9. The highest BCUT2D eigenvalue weighted by Crippen LogP contribution is 2.32. The summed E-state index contributed by atoms with van der Waals surface area (Å²) in [6.45, 7) is -0.174. The minimum Gasteiger partial charge on any atom is -0.496 e. The van der Waals surface area contributed by atoms with Crippen molar-refractivity contribution in [3.05, 3.63) is 57.3 Å². The third-order valence-corrected chi connectivity index (χ3v) is 5.44. The van der Waals surface area contributed by atoms with Crippen LogP contribution in [-0.2, 0) is 4.79 Å². The average molecular weight is 513 g/mol. The van der Waals surface area contributed by atoms with E-state index in [4.69, 9.17) is 33.3 Å². The fraction of sp³-hybridized carbons (Fsp3) is 0.105. The van der Waals surface area contributed by atoms with Gasteiger partial charge in [-0.25, -0.2) is 4.98 Å². The minimum absolute atomic E-state index is 0.145. The number of rotatable bonds is 6. The molecule has 0 radical (unpaired) electrons. The van der Waals surface area contributed by atoms with Gasteiger partial charge in [-0.3, -0.25) is 10.1 Å². The summed E-state index contributed by atoms with van der Waals surface area (Å²) in [6, 6.07) is 12.4. The van der Waals surface area contributed by atoms with Crippen molar-refractivity contribution in [3.8, 4) is 22.8 Å². The van der Waals surface area contributed by atoms with Crippen LogP contribution in [0.15, 0.2) is 52.3 Å². The van der Waals surface area contributed by atoms with Gasteiger partial charge in [-0.2, -0.15) is 0 Å². The zero-order chi connectivity index (χ0) is 20.8. The SMILES string of the molecule is COc1ccc(-c2csc(NC(=S)NC(=O)COc3ccc(Cl)cc3)n2)cc1Br. The van der Waals surface area contributed by atoms with Gasteiger partial charge in [0.2, 0.25) is 0 Å². The number of nitrogens with one attached hydrogen (secondary N) is 2. The molecule has 0 aliphatic rings. The van der Waals surface area contributed by atoms with Crippen LogP contribution in [0.4, 0.5) is 5.13 Å². The number of hydrogen-bond donors (Lipinski definition) is 2. The van der Waals surface area contributed by atoms with Crippen LogP contribution < -0.4 is 20.1 Å². The number of thiazole rings is 1. The Morgan fingerprint density at radius 1 is 1.28 bits per heavy atom. The summed E-state index contributed by atoms with van der Waals surface area (Å²) in [5.74, 6) is 0.902. The molecule has 3 aromatic rings. The molecule has 0 fully saturated rings. The predicted octanol–water partition coefficient (Wildman–Crippen LogP) is 5.13. The smallest absolute Gasteiger partial charge is 0.264 e. The first-order valence-electron chi connectivity index (χ1n) is 8.23. The standard InChI is InChI=1S/C19H15BrClN3O3S2/c1-26-16-7-2-11(8-14(16)20)15-10-29-19(22-15)24-18(28)23-17(25)9-27-13-5-3-12(21)4-6-13/h2-8,10H,9H2,1H3,(H2,22,23,24,25,28). The molecule has 0 aliphatic heterocycles. The second kappa shape index (κ2) is 10.0. The van der Waals surface area contributed by atoms with Gasteiger partial charge in [0.25, 0.3) is 5.91 Å². The summed E-state index contributed by atoms with van der Waals surface area (Å²) in [5, 5.41) is 8.66. The normalized spacial score (nSPS) is 10.3. The maximum absolute atomic E-state index is 12.0. The molecule has 1 amide bonds. The van der Waals surface area contributed by atoms with Gasteiger partial charge < -0.3 is 14.8 Å². The zero-order valence-corrected chi connectivity index (χ0v) is 19.0. The molecule has 0 saturated heterocycles. The third kappa shape index (κ3) is 6.14. The number of carbonyl (C=O) groups is 1. The van der Waals surface area contributed by atoms with Crippen molar-refractivity contribution in [2.24, 2.45) is 0 Å². The van der Waals surface area contributed by atoms with E-state index in [0.717, 1.165) is 21.5 Å². The quantitative estimate of drug-likeness (QED) is 0.446. The van der Waals surface area contributed by atoms with Gasteiger partial charge in [-0.15, -0.1) is 11.3 Å². The Kier molecular flexibility index (Phi) is 7.43. The maximum atomic E-state index is 12.0. The molecule has 1 heterocycles. The molecule has 3 rings (SSSR count). The van der Waals surface area contributed by atoms with E-state index in [0.29, 0.717) is 15.9 Å². The van der Waals surface area contributed by atoms with Crippen molar-refractivity contribution in [1.82, 2.24) is 10.3 Å². The lowest BCUT2D eigenvalue weighted by molar-refractivity contribution is -0.121. The van der Waals surface area contributed by atoms with Crippen molar-refractivity contribution >= 4 is 67.2 Å². The monoisotopic (exact) mass is 511 g/mol. The highest BCUT2D eigenvalue weighted by molar-refractivity contribution is 9.10. The van der Waals surface area contributed by atoms with E-state index < -0.39 is 0 Å². The number of methoxy groups -OCH3 is 1. The van der Waals surface area contributed by atoms with Gasteiger partial charge in [0.05, 0.1) is 17.3 Å². The first-order chi connectivity index (χ1) is 13.9. The summed E-state index contributed by atoms with van der Waals surface area (Å²) < 4.78 is 11.5. The molecular weight excluding hydrogens is 498 g/mol. The Labute approximate surface area is 190 Å². The Morgan fingerprint density at radius 3 is 2.72 bits per heavy atom. The molecular formula is C19H15BrClN3O3S2. The summed E-state index contributed by atoms with van der Waals surface area (Å²) in [7, 11) is 1.61.